The van der Waals surface area contributed by atoms with E-state index in [0.717, 1.165) is 18.9 Å². The molecule has 0 radical (unpaired) electrons. The molecule has 104 valence electrons. The average molecular weight is 285 g/mol. The lowest BCUT2D eigenvalue weighted by Gasteiger charge is -2.06. The fourth-order valence-corrected chi connectivity index (χ4v) is 3.30. The smallest absolute Gasteiger partial charge is 0.293 e. The molecule has 7 nitrogen and oxygen atoms in total. The maximum Gasteiger partial charge on any atom is 0.293 e. The number of nitrogens with two attached hydrogens (primary N) is 1. The number of nitrogens with zero attached hydrogens (tertiary/aromatic N) is 1. The Labute approximate surface area is 111 Å². The van der Waals surface area contributed by atoms with Crippen LogP contribution >= 0.6 is 0 Å². The van der Waals surface area contributed by atoms with Crippen molar-refractivity contribution < 1.29 is 13.3 Å². The van der Waals surface area contributed by atoms with Crippen LogP contribution in [0.1, 0.15) is 19.8 Å². The van der Waals surface area contributed by atoms with Gasteiger partial charge in [-0.2, -0.15) is 0 Å². The topological polar surface area (TPSA) is 115 Å². The van der Waals surface area contributed by atoms with Gasteiger partial charge in [-0.25, -0.2) is 13.1 Å². The number of nitro benzene ring substituents is 1. The molecule has 0 heterocycles. The molecule has 3 N–H and O–H groups in total. The summed E-state index contributed by atoms with van der Waals surface area (Å²) in [6.07, 6.45) is 1.72. The zero-order chi connectivity index (χ0) is 14.2. The van der Waals surface area contributed by atoms with Gasteiger partial charge in [0.25, 0.3) is 5.69 Å². The van der Waals surface area contributed by atoms with Gasteiger partial charge in [-0.05, 0) is 24.5 Å². The van der Waals surface area contributed by atoms with Gasteiger partial charge in [0.15, 0.2) is 0 Å². The Morgan fingerprint density at radius 1 is 1.53 bits per heavy atom. The third-order valence-corrected chi connectivity index (χ3v) is 4.75. The molecule has 0 spiro atoms. The van der Waals surface area contributed by atoms with Gasteiger partial charge in [-0.15, -0.1) is 0 Å². The minimum absolute atomic E-state index is 0.0539. The molecule has 1 aliphatic carbocycles. The van der Waals surface area contributed by atoms with Gasteiger partial charge in [0.2, 0.25) is 10.0 Å². The zero-order valence-corrected chi connectivity index (χ0v) is 11.2. The zero-order valence-electron chi connectivity index (χ0n) is 10.4. The van der Waals surface area contributed by atoms with Crippen molar-refractivity contribution in [3.05, 3.63) is 28.3 Å². The van der Waals surface area contributed by atoms with E-state index >= 15 is 0 Å². The molecule has 0 aliphatic heterocycles. The van der Waals surface area contributed by atoms with Gasteiger partial charge < -0.3 is 5.73 Å². The standard InChI is InChI=1S/C11H15N3O4S/c1-2-7-5-10(7)13-19(17,18)8-3-4-9(12)11(6-8)14(15)16/h3-4,6-7,10,13H,2,5,12H2,1H3. The fourth-order valence-electron chi connectivity index (χ4n) is 1.96. The quantitative estimate of drug-likeness (QED) is 0.480. The van der Waals surface area contributed by atoms with Crippen LogP contribution in [0.5, 0.6) is 0 Å². The van der Waals surface area contributed by atoms with Gasteiger partial charge in [0, 0.05) is 12.1 Å². The van der Waals surface area contributed by atoms with Gasteiger partial charge >= 0.3 is 0 Å². The Balaban J connectivity index is 2.26. The van der Waals surface area contributed by atoms with Crippen molar-refractivity contribution in [1.82, 2.24) is 4.72 Å². The molecule has 1 aromatic carbocycles. The van der Waals surface area contributed by atoms with Crippen LogP contribution in [0, 0.1) is 16.0 Å². The van der Waals surface area contributed by atoms with Crippen LogP contribution in [0.15, 0.2) is 23.1 Å². The molecule has 8 heteroatoms. The molecule has 0 bridgehead atoms. The van der Waals surface area contributed by atoms with E-state index in [2.05, 4.69) is 4.72 Å². The molecule has 0 aromatic heterocycles. The summed E-state index contributed by atoms with van der Waals surface area (Å²) in [7, 11) is -3.72. The number of anilines is 1. The minimum atomic E-state index is -3.72. The summed E-state index contributed by atoms with van der Waals surface area (Å²) in [6.45, 7) is 1.99. The van der Waals surface area contributed by atoms with Crippen molar-refractivity contribution in [2.45, 2.75) is 30.7 Å². The second kappa shape index (κ2) is 4.78. The van der Waals surface area contributed by atoms with E-state index in [9.17, 15) is 18.5 Å². The Morgan fingerprint density at radius 2 is 2.21 bits per heavy atom. The number of hydrogen-bond acceptors (Lipinski definition) is 5. The maximum absolute atomic E-state index is 12.1. The van der Waals surface area contributed by atoms with Gasteiger partial charge in [-0.3, -0.25) is 10.1 Å². The fraction of sp³-hybridized carbons (Fsp3) is 0.455. The summed E-state index contributed by atoms with van der Waals surface area (Å²) >= 11 is 0. The lowest BCUT2D eigenvalue weighted by molar-refractivity contribution is -0.384. The van der Waals surface area contributed by atoms with Crippen molar-refractivity contribution >= 4 is 21.4 Å². The molecule has 2 unspecified atom stereocenters. The molecule has 0 amide bonds. The predicted octanol–water partition coefficient (Wildman–Crippen LogP) is 1.25. The summed E-state index contributed by atoms with van der Waals surface area (Å²) in [5.74, 6) is 0.360. The summed E-state index contributed by atoms with van der Waals surface area (Å²) in [4.78, 5) is 9.92. The number of nitro groups is 1. The highest BCUT2D eigenvalue weighted by Crippen LogP contribution is 2.35. The molecular formula is C11H15N3O4S. The number of nitrogen functional groups attached to an aromatic ring is 1. The first-order chi connectivity index (χ1) is 8.85. The molecule has 2 rings (SSSR count). The van der Waals surface area contributed by atoms with Gasteiger partial charge in [0.05, 0.1) is 9.82 Å². The highest BCUT2D eigenvalue weighted by Gasteiger charge is 2.38. The first kappa shape index (κ1) is 13.8. The van der Waals surface area contributed by atoms with E-state index in [0.29, 0.717) is 5.92 Å². The predicted molar refractivity (Wildman–Crippen MR) is 70.0 cm³/mol. The lowest BCUT2D eigenvalue weighted by atomic mass is 10.3. The van der Waals surface area contributed by atoms with E-state index < -0.39 is 20.6 Å². The number of benzene rings is 1. The normalized spacial score (nSPS) is 22.2. The Kier molecular flexibility index (Phi) is 3.46. The highest BCUT2D eigenvalue weighted by molar-refractivity contribution is 7.89. The van der Waals surface area contributed by atoms with Crippen molar-refractivity contribution in [3.8, 4) is 0 Å². The monoisotopic (exact) mass is 285 g/mol. The number of nitrogens with one attached hydrogen (secondary N) is 1. The highest BCUT2D eigenvalue weighted by atomic mass is 32.2. The molecular weight excluding hydrogens is 270 g/mol. The van der Waals surface area contributed by atoms with Crippen LogP contribution in [0.3, 0.4) is 0 Å². The number of sulfonamides is 1. The molecule has 1 fully saturated rings. The minimum Gasteiger partial charge on any atom is -0.393 e. The Morgan fingerprint density at radius 3 is 2.74 bits per heavy atom. The summed E-state index contributed by atoms with van der Waals surface area (Å²) in [5.41, 5.74) is 4.98. The van der Waals surface area contributed by atoms with E-state index in [1.807, 2.05) is 6.92 Å². The largest absolute Gasteiger partial charge is 0.393 e. The molecule has 1 saturated carbocycles. The summed E-state index contributed by atoms with van der Waals surface area (Å²) in [6, 6.07) is 3.43. The summed E-state index contributed by atoms with van der Waals surface area (Å²) < 4.78 is 26.7. The van der Waals surface area contributed by atoms with Crippen LogP contribution in [0.2, 0.25) is 0 Å². The molecule has 2 atom stereocenters. The van der Waals surface area contributed by atoms with E-state index in [1.54, 1.807) is 0 Å². The Hall–Kier alpha value is -1.67. The molecule has 0 saturated heterocycles. The number of rotatable bonds is 5. The first-order valence-corrected chi connectivity index (χ1v) is 7.39. The van der Waals surface area contributed by atoms with Gasteiger partial charge in [0.1, 0.15) is 5.69 Å². The van der Waals surface area contributed by atoms with Crippen molar-refractivity contribution in [2.24, 2.45) is 5.92 Å². The van der Waals surface area contributed by atoms with E-state index in [-0.39, 0.29) is 16.6 Å². The van der Waals surface area contributed by atoms with Crippen molar-refractivity contribution in [3.63, 3.8) is 0 Å². The van der Waals surface area contributed by atoms with Crippen molar-refractivity contribution in [1.29, 1.82) is 0 Å². The van der Waals surface area contributed by atoms with Crippen molar-refractivity contribution in [2.75, 3.05) is 5.73 Å². The van der Waals surface area contributed by atoms with E-state index in [1.165, 1.54) is 12.1 Å². The SMILES string of the molecule is CCC1CC1NS(=O)(=O)c1ccc(N)c([N+](=O)[O-])c1. The maximum atomic E-state index is 12.1. The second-order valence-electron chi connectivity index (χ2n) is 4.61. The third-order valence-electron chi connectivity index (χ3n) is 3.26. The molecule has 19 heavy (non-hydrogen) atoms. The van der Waals surface area contributed by atoms with E-state index in [4.69, 9.17) is 5.73 Å². The second-order valence-corrected chi connectivity index (χ2v) is 6.32. The average Bonchev–Trinajstić information content (AvgIpc) is 3.06. The molecule has 1 aliphatic rings. The lowest BCUT2D eigenvalue weighted by Crippen LogP contribution is -2.27. The van der Waals surface area contributed by atoms with Gasteiger partial charge in [-0.1, -0.05) is 13.3 Å². The third kappa shape index (κ3) is 2.85. The molecule has 1 aromatic rings. The first-order valence-electron chi connectivity index (χ1n) is 5.91. The van der Waals surface area contributed by atoms with Crippen LogP contribution < -0.4 is 10.5 Å². The van der Waals surface area contributed by atoms with Crippen LogP contribution in [0.4, 0.5) is 11.4 Å². The van der Waals surface area contributed by atoms with Crippen LogP contribution in [-0.4, -0.2) is 19.4 Å². The van der Waals surface area contributed by atoms with Crippen LogP contribution in [0.25, 0.3) is 0 Å². The Bertz CT molecular complexity index is 614. The van der Waals surface area contributed by atoms with Crippen LogP contribution in [-0.2, 0) is 10.0 Å². The summed E-state index contributed by atoms with van der Waals surface area (Å²) in [5, 5.41) is 10.7. The number of hydrogen-bond donors (Lipinski definition) is 2.